The number of aromatic nitrogens is 2. The Hall–Kier alpha value is -4.40. The van der Waals surface area contributed by atoms with Gasteiger partial charge in [-0.3, -0.25) is 9.59 Å². The van der Waals surface area contributed by atoms with Gasteiger partial charge in [0, 0.05) is 19.3 Å². The molecular formula is C26H25N5O4. The molecule has 178 valence electrons. The van der Waals surface area contributed by atoms with Crippen LogP contribution in [0.3, 0.4) is 0 Å². The lowest BCUT2D eigenvalue weighted by Crippen LogP contribution is -2.55. The van der Waals surface area contributed by atoms with Gasteiger partial charge in [-0.1, -0.05) is 24.8 Å². The molecule has 2 fully saturated rings. The maximum atomic E-state index is 12.3. The summed E-state index contributed by atoms with van der Waals surface area (Å²) in [5.41, 5.74) is 5.63. The van der Waals surface area contributed by atoms with E-state index in [4.69, 9.17) is 15.2 Å². The van der Waals surface area contributed by atoms with Gasteiger partial charge in [-0.25, -0.2) is 4.98 Å². The molecule has 2 unspecified atom stereocenters. The molecule has 3 heterocycles. The van der Waals surface area contributed by atoms with Gasteiger partial charge in [0.1, 0.15) is 22.8 Å². The van der Waals surface area contributed by atoms with Gasteiger partial charge in [0.15, 0.2) is 0 Å². The highest BCUT2D eigenvalue weighted by molar-refractivity contribution is 5.95. The van der Waals surface area contributed by atoms with Gasteiger partial charge in [-0.2, -0.15) is 4.98 Å². The molecule has 2 amide bonds. The van der Waals surface area contributed by atoms with Gasteiger partial charge < -0.3 is 25.0 Å². The normalized spacial score (nSPS) is 18.7. The van der Waals surface area contributed by atoms with E-state index in [0.717, 1.165) is 18.6 Å². The van der Waals surface area contributed by atoms with Crippen LogP contribution in [-0.4, -0.2) is 51.9 Å². The van der Waals surface area contributed by atoms with Crippen molar-refractivity contribution < 1.29 is 19.1 Å². The Bertz CT molecular complexity index is 1230. The Labute approximate surface area is 202 Å². The maximum absolute atomic E-state index is 12.3. The third-order valence-electron chi connectivity index (χ3n) is 6.22. The number of nitrogens with zero attached hydrogens (tertiary/aromatic N) is 4. The molecule has 9 nitrogen and oxygen atoms in total. The van der Waals surface area contributed by atoms with E-state index in [2.05, 4.69) is 16.5 Å². The molecule has 2 saturated heterocycles. The fourth-order valence-corrected chi connectivity index (χ4v) is 4.60. The van der Waals surface area contributed by atoms with Crippen molar-refractivity contribution in [3.8, 4) is 23.1 Å². The van der Waals surface area contributed by atoms with Crippen LogP contribution in [0.2, 0.25) is 0 Å². The lowest BCUT2D eigenvalue weighted by atomic mass is 10.2. The summed E-state index contributed by atoms with van der Waals surface area (Å²) in [6.07, 6.45) is 4.58. The zero-order valence-corrected chi connectivity index (χ0v) is 19.0. The Balaban J connectivity index is 1.34. The van der Waals surface area contributed by atoms with Gasteiger partial charge in [0.2, 0.25) is 17.7 Å². The molecule has 2 bridgehead atoms. The molecule has 2 aliphatic heterocycles. The standard InChI is InChI=1S/C26H25N5O4/c1-2-23(32)31-17-8-9-18(31)16-30(15-17)26-28-14-22(24(27)33)25(29-26)35-21-12-10-20(11-13-21)34-19-6-4-3-5-7-19/h2-7,10-14,17-18H,1,8-9,15-16H2,(H2,27,33). The first-order chi connectivity index (χ1) is 17.0. The van der Waals surface area contributed by atoms with Gasteiger partial charge in [-0.05, 0) is 55.3 Å². The summed E-state index contributed by atoms with van der Waals surface area (Å²) in [4.78, 5) is 37.1. The van der Waals surface area contributed by atoms with Crippen molar-refractivity contribution in [3.63, 3.8) is 0 Å². The van der Waals surface area contributed by atoms with E-state index in [9.17, 15) is 9.59 Å². The van der Waals surface area contributed by atoms with E-state index in [1.807, 2.05) is 40.1 Å². The first-order valence-electron chi connectivity index (χ1n) is 11.4. The second-order valence-corrected chi connectivity index (χ2v) is 8.48. The van der Waals surface area contributed by atoms with Crippen molar-refractivity contribution >= 4 is 17.8 Å². The van der Waals surface area contributed by atoms with E-state index in [1.165, 1.54) is 12.3 Å². The highest BCUT2D eigenvalue weighted by Crippen LogP contribution is 2.33. The smallest absolute Gasteiger partial charge is 0.255 e. The average molecular weight is 472 g/mol. The van der Waals surface area contributed by atoms with Gasteiger partial charge in [0.05, 0.1) is 12.1 Å². The number of carbonyl (C=O) groups excluding carboxylic acids is 2. The number of amides is 2. The molecule has 0 radical (unpaired) electrons. The highest BCUT2D eigenvalue weighted by Gasteiger charge is 2.42. The molecular weight excluding hydrogens is 446 g/mol. The monoisotopic (exact) mass is 471 g/mol. The van der Waals surface area contributed by atoms with Crippen LogP contribution in [-0.2, 0) is 4.79 Å². The lowest BCUT2D eigenvalue weighted by molar-refractivity contribution is -0.129. The Morgan fingerprint density at radius 1 is 0.943 bits per heavy atom. The highest BCUT2D eigenvalue weighted by atomic mass is 16.5. The van der Waals surface area contributed by atoms with E-state index in [-0.39, 0.29) is 29.4 Å². The third kappa shape index (κ3) is 4.65. The lowest BCUT2D eigenvalue weighted by Gasteiger charge is -2.40. The third-order valence-corrected chi connectivity index (χ3v) is 6.22. The number of fused-ring (bicyclic) bond motifs is 2. The predicted octanol–water partition coefficient (Wildman–Crippen LogP) is 3.53. The summed E-state index contributed by atoms with van der Waals surface area (Å²) in [6.45, 7) is 4.80. The van der Waals surface area contributed by atoms with Crippen LogP contribution in [0.15, 0.2) is 73.4 Å². The second kappa shape index (κ2) is 9.46. The number of ether oxygens (including phenoxy) is 2. The van der Waals surface area contributed by atoms with Gasteiger partial charge >= 0.3 is 0 Å². The van der Waals surface area contributed by atoms with Gasteiger partial charge in [-0.15, -0.1) is 0 Å². The topological polar surface area (TPSA) is 111 Å². The number of nitrogens with two attached hydrogens (primary N) is 1. The molecule has 2 N–H and O–H groups in total. The van der Waals surface area contributed by atoms with E-state index in [0.29, 0.717) is 30.5 Å². The summed E-state index contributed by atoms with van der Waals surface area (Å²) < 4.78 is 11.7. The molecule has 2 atom stereocenters. The Kier molecular flexibility index (Phi) is 6.05. The van der Waals surface area contributed by atoms with E-state index < -0.39 is 5.91 Å². The number of benzene rings is 2. The predicted molar refractivity (Wildman–Crippen MR) is 130 cm³/mol. The number of anilines is 1. The fourth-order valence-electron chi connectivity index (χ4n) is 4.60. The first-order valence-corrected chi connectivity index (χ1v) is 11.4. The number of piperazine rings is 1. The number of hydrogen-bond donors (Lipinski definition) is 1. The van der Waals surface area contributed by atoms with Crippen molar-refractivity contribution in [2.75, 3.05) is 18.0 Å². The minimum atomic E-state index is -0.683. The summed E-state index contributed by atoms with van der Waals surface area (Å²) in [5, 5.41) is 0. The van der Waals surface area contributed by atoms with Crippen LogP contribution in [0.1, 0.15) is 23.2 Å². The minimum Gasteiger partial charge on any atom is -0.457 e. The average Bonchev–Trinajstić information content (AvgIpc) is 3.14. The fraction of sp³-hybridized carbons (Fsp3) is 0.231. The molecule has 9 heteroatoms. The number of hydrogen-bond acceptors (Lipinski definition) is 7. The summed E-state index contributed by atoms with van der Waals surface area (Å²) in [6, 6.07) is 16.6. The zero-order chi connectivity index (χ0) is 24.4. The van der Waals surface area contributed by atoms with Crippen molar-refractivity contribution in [1.82, 2.24) is 14.9 Å². The Morgan fingerprint density at radius 2 is 1.54 bits per heavy atom. The molecule has 35 heavy (non-hydrogen) atoms. The van der Waals surface area contributed by atoms with Crippen molar-refractivity contribution in [2.24, 2.45) is 5.73 Å². The van der Waals surface area contributed by atoms with Crippen molar-refractivity contribution in [2.45, 2.75) is 24.9 Å². The van der Waals surface area contributed by atoms with E-state index >= 15 is 0 Å². The van der Waals surface area contributed by atoms with E-state index in [1.54, 1.807) is 24.3 Å². The number of para-hydroxylation sites is 1. The molecule has 1 aromatic heterocycles. The van der Waals surface area contributed by atoms with Crippen LogP contribution in [0, 0.1) is 0 Å². The van der Waals surface area contributed by atoms with Gasteiger partial charge in [0.25, 0.3) is 5.91 Å². The molecule has 3 aromatic rings. The van der Waals surface area contributed by atoms with Crippen LogP contribution in [0.25, 0.3) is 0 Å². The zero-order valence-electron chi connectivity index (χ0n) is 19.0. The van der Waals surface area contributed by atoms with Crippen molar-refractivity contribution in [1.29, 1.82) is 0 Å². The number of carbonyl (C=O) groups is 2. The minimum absolute atomic E-state index is 0.0501. The SMILES string of the molecule is C=CC(=O)N1C2CCC1CN(c1ncc(C(N)=O)c(Oc3ccc(Oc4ccccc4)cc3)n1)C2. The summed E-state index contributed by atoms with van der Waals surface area (Å²) in [5.74, 6) is 1.61. The number of rotatable bonds is 7. The van der Waals surface area contributed by atoms with Crippen molar-refractivity contribution in [3.05, 3.63) is 79.0 Å². The van der Waals surface area contributed by atoms with Crippen LogP contribution < -0.4 is 20.1 Å². The van der Waals surface area contributed by atoms with Crippen LogP contribution in [0.4, 0.5) is 5.95 Å². The molecule has 5 rings (SSSR count). The first kappa shape index (κ1) is 22.4. The largest absolute Gasteiger partial charge is 0.457 e. The number of primary amides is 1. The summed E-state index contributed by atoms with van der Waals surface area (Å²) in [7, 11) is 0. The molecule has 0 spiro atoms. The molecule has 0 aliphatic carbocycles. The van der Waals surface area contributed by atoms with Crippen LogP contribution >= 0.6 is 0 Å². The second-order valence-electron chi connectivity index (χ2n) is 8.48. The molecule has 2 aliphatic rings. The van der Waals surface area contributed by atoms with Crippen LogP contribution in [0.5, 0.6) is 23.1 Å². The summed E-state index contributed by atoms with van der Waals surface area (Å²) >= 11 is 0. The molecule has 2 aromatic carbocycles. The Morgan fingerprint density at radius 3 is 2.14 bits per heavy atom. The maximum Gasteiger partial charge on any atom is 0.255 e. The quantitative estimate of drug-likeness (QED) is 0.525. The molecule has 0 saturated carbocycles.